The van der Waals surface area contributed by atoms with Crippen molar-refractivity contribution in [1.29, 1.82) is 0 Å². The van der Waals surface area contributed by atoms with Gasteiger partial charge in [0.15, 0.2) is 5.58 Å². The minimum atomic E-state index is 0.483. The zero-order chi connectivity index (χ0) is 27.1. The zero-order valence-electron chi connectivity index (χ0n) is 22.8. The Kier molecular flexibility index (Phi) is 4.68. The summed E-state index contributed by atoms with van der Waals surface area (Å²) in [4.78, 5) is 0. The summed E-state index contributed by atoms with van der Waals surface area (Å²) in [7, 11) is 0. The van der Waals surface area contributed by atoms with Crippen LogP contribution >= 0.6 is 0 Å². The van der Waals surface area contributed by atoms with E-state index < -0.39 is 0 Å². The maximum Gasteiger partial charge on any atom is 0.159 e. The molecule has 1 aliphatic rings. The molecule has 2 heterocycles. The lowest BCUT2D eigenvalue weighted by Crippen LogP contribution is -1.94. The lowest BCUT2D eigenvalue weighted by atomic mass is 9.93. The van der Waals surface area contributed by atoms with Gasteiger partial charge in [0.25, 0.3) is 0 Å². The maximum atomic E-state index is 6.47. The van der Waals surface area contributed by atoms with Gasteiger partial charge < -0.3 is 8.98 Å². The van der Waals surface area contributed by atoms with Crippen LogP contribution in [0.15, 0.2) is 132 Å². The fraction of sp³-hybridized carbons (Fsp3) is 0.0769. The first kappa shape index (κ1) is 22.7. The van der Waals surface area contributed by atoms with Crippen LogP contribution in [-0.2, 0) is 0 Å². The SMILES string of the molecule is CCC1c2ccccc2-c2cc(-c3ccc4c(c3)c3ccccc3n4-c3cccc4c3oc3ccccc34)ccc21. The highest BCUT2D eigenvalue weighted by Gasteiger charge is 2.27. The molecule has 1 atom stereocenters. The topological polar surface area (TPSA) is 18.1 Å². The summed E-state index contributed by atoms with van der Waals surface area (Å²) in [5.41, 5.74) is 13.4. The summed E-state index contributed by atoms with van der Waals surface area (Å²) in [5, 5.41) is 4.79. The highest BCUT2D eigenvalue weighted by molar-refractivity contribution is 6.13. The molecule has 0 saturated heterocycles. The van der Waals surface area contributed by atoms with Gasteiger partial charge in [-0.15, -0.1) is 0 Å². The van der Waals surface area contributed by atoms with Crippen LogP contribution in [0.25, 0.3) is 71.7 Å². The molecule has 8 aromatic rings. The average molecular weight is 526 g/mol. The third-order valence-electron chi connectivity index (χ3n) is 9.09. The Morgan fingerprint density at radius 1 is 0.561 bits per heavy atom. The Morgan fingerprint density at radius 3 is 2.20 bits per heavy atom. The van der Waals surface area contributed by atoms with Gasteiger partial charge in [0, 0.05) is 27.5 Å². The van der Waals surface area contributed by atoms with Crippen molar-refractivity contribution < 1.29 is 4.42 Å². The van der Waals surface area contributed by atoms with Crippen molar-refractivity contribution in [1.82, 2.24) is 4.57 Å². The van der Waals surface area contributed by atoms with Gasteiger partial charge in [-0.3, -0.25) is 0 Å². The van der Waals surface area contributed by atoms with E-state index in [1.54, 1.807) is 0 Å². The van der Waals surface area contributed by atoms with E-state index in [1.807, 2.05) is 6.07 Å². The van der Waals surface area contributed by atoms with Crippen LogP contribution in [0.5, 0.6) is 0 Å². The minimum absolute atomic E-state index is 0.483. The standard InChI is InChI=1S/C39H27NO/c1-2-26-27-10-3-4-11-28(27)33-22-24(18-20-29(26)33)25-19-21-36-34(23-25)30-12-5-7-15-35(30)40(36)37-16-9-14-32-31-13-6-8-17-38(31)41-39(32)37/h3-23,26H,2H2,1H3. The molecule has 0 amide bonds. The van der Waals surface area contributed by atoms with E-state index in [0.29, 0.717) is 5.92 Å². The molecule has 194 valence electrons. The van der Waals surface area contributed by atoms with E-state index in [4.69, 9.17) is 4.42 Å². The molecule has 2 nitrogen and oxygen atoms in total. The summed E-state index contributed by atoms with van der Waals surface area (Å²) < 4.78 is 8.83. The number of aromatic nitrogens is 1. The van der Waals surface area contributed by atoms with E-state index in [-0.39, 0.29) is 0 Å². The molecule has 0 N–H and O–H groups in total. The van der Waals surface area contributed by atoms with E-state index in [9.17, 15) is 0 Å². The van der Waals surface area contributed by atoms with Crippen molar-refractivity contribution in [2.45, 2.75) is 19.3 Å². The number of nitrogens with zero attached hydrogens (tertiary/aromatic N) is 1. The predicted octanol–water partition coefficient (Wildman–Crippen LogP) is 10.9. The number of hydrogen-bond donors (Lipinski definition) is 0. The van der Waals surface area contributed by atoms with Crippen molar-refractivity contribution in [3.63, 3.8) is 0 Å². The summed E-state index contributed by atoms with van der Waals surface area (Å²) in [6.45, 7) is 2.29. The summed E-state index contributed by atoms with van der Waals surface area (Å²) in [5.74, 6) is 0.483. The van der Waals surface area contributed by atoms with Crippen LogP contribution in [0.4, 0.5) is 0 Å². The predicted molar refractivity (Wildman–Crippen MR) is 171 cm³/mol. The van der Waals surface area contributed by atoms with E-state index >= 15 is 0 Å². The van der Waals surface area contributed by atoms with Gasteiger partial charge >= 0.3 is 0 Å². The Balaban J connectivity index is 1.27. The molecule has 1 unspecified atom stereocenters. The molecule has 0 aliphatic heterocycles. The third kappa shape index (κ3) is 3.13. The molecular weight excluding hydrogens is 498 g/mol. The molecule has 2 heteroatoms. The molecule has 2 aromatic heterocycles. The fourth-order valence-corrected chi connectivity index (χ4v) is 7.25. The first-order valence-electron chi connectivity index (χ1n) is 14.5. The Hall–Kier alpha value is -5.08. The normalized spacial score (nSPS) is 14.3. The highest BCUT2D eigenvalue weighted by atomic mass is 16.3. The quantitative estimate of drug-likeness (QED) is 0.224. The lowest BCUT2D eigenvalue weighted by molar-refractivity contribution is 0.666. The zero-order valence-corrected chi connectivity index (χ0v) is 22.8. The minimum Gasteiger partial charge on any atom is -0.454 e. The molecule has 0 fully saturated rings. The van der Waals surface area contributed by atoms with Crippen LogP contribution in [0.2, 0.25) is 0 Å². The largest absolute Gasteiger partial charge is 0.454 e. The maximum absolute atomic E-state index is 6.47. The van der Waals surface area contributed by atoms with Crippen LogP contribution < -0.4 is 0 Å². The van der Waals surface area contributed by atoms with E-state index in [0.717, 1.165) is 34.0 Å². The fourth-order valence-electron chi connectivity index (χ4n) is 7.25. The second-order valence-corrected chi connectivity index (χ2v) is 11.2. The van der Waals surface area contributed by atoms with Gasteiger partial charge in [-0.2, -0.15) is 0 Å². The monoisotopic (exact) mass is 525 g/mol. The smallest absolute Gasteiger partial charge is 0.159 e. The summed E-state index contributed by atoms with van der Waals surface area (Å²) >= 11 is 0. The molecule has 1 aliphatic carbocycles. The highest BCUT2D eigenvalue weighted by Crippen LogP contribution is 2.48. The van der Waals surface area contributed by atoms with Crippen molar-refractivity contribution >= 4 is 43.7 Å². The van der Waals surface area contributed by atoms with Gasteiger partial charge in [0.2, 0.25) is 0 Å². The molecule has 9 rings (SSSR count). The van der Waals surface area contributed by atoms with Crippen molar-refractivity contribution in [3.05, 3.63) is 139 Å². The first-order chi connectivity index (χ1) is 20.3. The van der Waals surface area contributed by atoms with E-state index in [2.05, 4.69) is 133 Å². The number of rotatable bonds is 3. The van der Waals surface area contributed by atoms with Gasteiger partial charge in [-0.05, 0) is 76.2 Å². The number of benzene rings is 6. The van der Waals surface area contributed by atoms with Crippen LogP contribution in [0.3, 0.4) is 0 Å². The molecule has 0 saturated carbocycles. The molecule has 0 bridgehead atoms. The van der Waals surface area contributed by atoms with Gasteiger partial charge in [0.1, 0.15) is 5.58 Å². The van der Waals surface area contributed by atoms with Gasteiger partial charge in [0.05, 0.1) is 16.7 Å². The number of para-hydroxylation sites is 3. The Bertz CT molecular complexity index is 2310. The van der Waals surface area contributed by atoms with Crippen LogP contribution in [0.1, 0.15) is 30.4 Å². The number of furan rings is 1. The van der Waals surface area contributed by atoms with Crippen molar-refractivity contribution in [2.24, 2.45) is 0 Å². The lowest BCUT2D eigenvalue weighted by Gasteiger charge is -2.11. The van der Waals surface area contributed by atoms with Crippen LogP contribution in [-0.4, -0.2) is 4.57 Å². The summed E-state index contributed by atoms with van der Waals surface area (Å²) in [6, 6.07) is 46.4. The first-order valence-corrected chi connectivity index (χ1v) is 14.5. The average Bonchev–Trinajstić information content (AvgIpc) is 3.68. The van der Waals surface area contributed by atoms with Crippen molar-refractivity contribution in [2.75, 3.05) is 0 Å². The van der Waals surface area contributed by atoms with Gasteiger partial charge in [-0.25, -0.2) is 0 Å². The Morgan fingerprint density at radius 2 is 1.27 bits per heavy atom. The van der Waals surface area contributed by atoms with Crippen LogP contribution in [0, 0.1) is 0 Å². The Labute approximate surface area is 238 Å². The molecule has 6 aromatic carbocycles. The molecular formula is C39H27NO. The third-order valence-corrected chi connectivity index (χ3v) is 9.09. The molecule has 41 heavy (non-hydrogen) atoms. The second kappa shape index (κ2) is 8.46. The van der Waals surface area contributed by atoms with Gasteiger partial charge in [-0.1, -0.05) is 97.9 Å². The summed E-state index contributed by atoms with van der Waals surface area (Å²) in [6.07, 6.45) is 1.12. The molecule has 0 spiro atoms. The van der Waals surface area contributed by atoms with Crippen molar-refractivity contribution in [3.8, 4) is 27.9 Å². The van der Waals surface area contributed by atoms with E-state index in [1.165, 1.54) is 55.2 Å². The second-order valence-electron chi connectivity index (χ2n) is 11.2. The molecule has 0 radical (unpaired) electrons. The number of fused-ring (bicyclic) bond motifs is 9. The number of hydrogen-bond acceptors (Lipinski definition) is 1.